The number of ether oxygens (including phenoxy) is 1. The molecule has 3 heterocycles. The number of alkyl halides is 1. The summed E-state index contributed by atoms with van der Waals surface area (Å²) < 4.78 is 17.5. The molecule has 2 aromatic heterocycles. The number of rotatable bonds is 6. The lowest BCUT2D eigenvalue weighted by molar-refractivity contribution is 0.0137. The van der Waals surface area contributed by atoms with Crippen molar-refractivity contribution >= 4 is 28.4 Å². The fourth-order valence-electron chi connectivity index (χ4n) is 3.18. The SMILES string of the molecule is CSCCC1(O)CCN(c2ccnc3c(OCF)nccc23)CC1. The van der Waals surface area contributed by atoms with Crippen LogP contribution >= 0.6 is 11.8 Å². The Labute approximate surface area is 145 Å². The van der Waals surface area contributed by atoms with Gasteiger partial charge in [0.25, 0.3) is 0 Å². The van der Waals surface area contributed by atoms with E-state index >= 15 is 0 Å². The fraction of sp³-hybridized carbons (Fsp3) is 0.529. The number of anilines is 1. The van der Waals surface area contributed by atoms with Crippen molar-refractivity contribution < 1.29 is 14.2 Å². The van der Waals surface area contributed by atoms with Gasteiger partial charge in [-0.1, -0.05) is 0 Å². The quantitative estimate of drug-likeness (QED) is 0.863. The number of hydrogen-bond donors (Lipinski definition) is 1. The third-order valence-corrected chi connectivity index (χ3v) is 5.21. The zero-order valence-corrected chi connectivity index (χ0v) is 14.6. The lowest BCUT2D eigenvalue weighted by atomic mass is 9.88. The Bertz CT molecular complexity index is 693. The zero-order chi connectivity index (χ0) is 17.0. The van der Waals surface area contributed by atoms with Gasteiger partial charge in [-0.3, -0.25) is 4.98 Å². The van der Waals surface area contributed by atoms with E-state index in [4.69, 9.17) is 4.74 Å². The number of hydrogen-bond acceptors (Lipinski definition) is 6. The van der Waals surface area contributed by atoms with E-state index in [0.717, 1.165) is 49.2 Å². The molecule has 0 aliphatic carbocycles. The van der Waals surface area contributed by atoms with Crippen molar-refractivity contribution in [2.45, 2.75) is 24.9 Å². The maximum absolute atomic E-state index is 12.5. The molecule has 0 aromatic carbocycles. The molecule has 2 aromatic rings. The van der Waals surface area contributed by atoms with E-state index in [9.17, 15) is 9.50 Å². The van der Waals surface area contributed by atoms with Crippen molar-refractivity contribution in [3.05, 3.63) is 24.5 Å². The van der Waals surface area contributed by atoms with Crippen LogP contribution in [0.3, 0.4) is 0 Å². The van der Waals surface area contributed by atoms with Gasteiger partial charge >= 0.3 is 0 Å². The highest BCUT2D eigenvalue weighted by molar-refractivity contribution is 7.98. The summed E-state index contributed by atoms with van der Waals surface area (Å²) in [6, 6.07) is 3.82. The first-order chi connectivity index (χ1) is 11.7. The molecule has 24 heavy (non-hydrogen) atoms. The Morgan fingerprint density at radius 3 is 2.75 bits per heavy atom. The lowest BCUT2D eigenvalue weighted by Crippen LogP contribution is -2.44. The molecule has 0 bridgehead atoms. The van der Waals surface area contributed by atoms with E-state index in [1.54, 1.807) is 24.2 Å². The molecule has 1 aliphatic rings. The molecule has 3 rings (SSSR count). The van der Waals surface area contributed by atoms with E-state index in [2.05, 4.69) is 21.1 Å². The summed E-state index contributed by atoms with van der Waals surface area (Å²) in [5.74, 6) is 1.19. The van der Waals surface area contributed by atoms with E-state index in [-0.39, 0.29) is 5.88 Å². The number of aliphatic hydroxyl groups is 1. The summed E-state index contributed by atoms with van der Waals surface area (Å²) in [4.78, 5) is 10.6. The minimum atomic E-state index is -0.926. The fourth-order valence-corrected chi connectivity index (χ4v) is 3.76. The molecule has 0 saturated carbocycles. The molecule has 0 unspecified atom stereocenters. The van der Waals surface area contributed by atoms with E-state index in [0.29, 0.717) is 5.52 Å². The highest BCUT2D eigenvalue weighted by Gasteiger charge is 2.32. The Kier molecular flexibility index (Phi) is 5.40. The lowest BCUT2D eigenvalue weighted by Gasteiger charge is -2.39. The number of aromatic nitrogens is 2. The first-order valence-electron chi connectivity index (χ1n) is 8.05. The number of piperidine rings is 1. The summed E-state index contributed by atoms with van der Waals surface area (Å²) in [5.41, 5.74) is 1.03. The number of fused-ring (bicyclic) bond motifs is 1. The van der Waals surface area contributed by atoms with Crippen LogP contribution in [0.15, 0.2) is 24.5 Å². The molecule has 0 atom stereocenters. The molecule has 1 fully saturated rings. The first kappa shape index (κ1) is 17.2. The molecule has 0 amide bonds. The highest BCUT2D eigenvalue weighted by Crippen LogP contribution is 2.34. The molecule has 130 valence electrons. The van der Waals surface area contributed by atoms with Gasteiger partial charge in [-0.05, 0) is 43.4 Å². The normalized spacial score (nSPS) is 17.2. The van der Waals surface area contributed by atoms with Gasteiger partial charge in [-0.15, -0.1) is 0 Å². The van der Waals surface area contributed by atoms with E-state index in [1.807, 2.05) is 12.1 Å². The van der Waals surface area contributed by atoms with Gasteiger partial charge < -0.3 is 14.7 Å². The van der Waals surface area contributed by atoms with Gasteiger partial charge in [0.15, 0.2) is 0 Å². The summed E-state index contributed by atoms with van der Waals surface area (Å²) in [5, 5.41) is 11.6. The van der Waals surface area contributed by atoms with Crippen LogP contribution in [0.5, 0.6) is 5.88 Å². The molecular weight excluding hydrogens is 329 g/mol. The van der Waals surface area contributed by atoms with Gasteiger partial charge in [0.1, 0.15) is 5.52 Å². The number of pyridine rings is 2. The van der Waals surface area contributed by atoms with Crippen LogP contribution in [0, 0.1) is 0 Å². The summed E-state index contributed by atoms with van der Waals surface area (Å²) >= 11 is 1.77. The second-order valence-electron chi connectivity index (χ2n) is 6.05. The topological polar surface area (TPSA) is 58.5 Å². The highest BCUT2D eigenvalue weighted by atomic mass is 32.2. The third-order valence-electron chi connectivity index (χ3n) is 4.60. The molecular formula is C17H22FN3O2S. The summed E-state index contributed by atoms with van der Waals surface area (Å²) in [7, 11) is 0. The predicted octanol–water partition coefficient (Wildman–Crippen LogP) is 3.02. The van der Waals surface area contributed by atoms with Gasteiger partial charge in [0.05, 0.1) is 5.60 Å². The largest absolute Gasteiger partial charge is 0.444 e. The summed E-state index contributed by atoms with van der Waals surface area (Å²) in [6.07, 6.45) is 7.69. The van der Waals surface area contributed by atoms with Crippen LogP contribution in [0.4, 0.5) is 10.1 Å². The van der Waals surface area contributed by atoms with E-state index in [1.165, 1.54) is 0 Å². The smallest absolute Gasteiger partial charge is 0.242 e. The maximum atomic E-state index is 12.5. The van der Waals surface area contributed by atoms with Crippen molar-refractivity contribution in [2.24, 2.45) is 0 Å². The maximum Gasteiger partial charge on any atom is 0.242 e. The second-order valence-corrected chi connectivity index (χ2v) is 7.04. The van der Waals surface area contributed by atoms with Gasteiger partial charge in [0.2, 0.25) is 12.7 Å². The Morgan fingerprint density at radius 1 is 1.29 bits per heavy atom. The Hall–Kier alpha value is -1.60. The van der Waals surface area contributed by atoms with Crippen molar-refractivity contribution in [2.75, 3.05) is 36.9 Å². The van der Waals surface area contributed by atoms with Gasteiger partial charge in [-0.25, -0.2) is 9.37 Å². The second kappa shape index (κ2) is 7.53. The Morgan fingerprint density at radius 2 is 2.04 bits per heavy atom. The van der Waals surface area contributed by atoms with Crippen LogP contribution in [-0.2, 0) is 0 Å². The molecule has 7 heteroatoms. The van der Waals surface area contributed by atoms with Crippen molar-refractivity contribution in [3.8, 4) is 5.88 Å². The van der Waals surface area contributed by atoms with Crippen LogP contribution in [-0.4, -0.2) is 52.6 Å². The number of thioether (sulfide) groups is 1. The van der Waals surface area contributed by atoms with Crippen LogP contribution in [0.1, 0.15) is 19.3 Å². The van der Waals surface area contributed by atoms with Crippen molar-refractivity contribution in [1.29, 1.82) is 0 Å². The molecule has 1 saturated heterocycles. The van der Waals surface area contributed by atoms with E-state index < -0.39 is 12.5 Å². The van der Waals surface area contributed by atoms with Gasteiger partial charge in [0, 0.05) is 36.6 Å². The number of halogens is 1. The average molecular weight is 351 g/mol. The standard InChI is InChI=1S/C17H22FN3O2S/c1-24-11-6-17(22)4-9-21(10-5-17)14-3-8-19-15-13(14)2-7-20-16(15)23-12-18/h2-3,7-8,22H,4-6,9-12H2,1H3. The zero-order valence-electron chi connectivity index (χ0n) is 13.7. The molecule has 0 spiro atoms. The third kappa shape index (κ3) is 3.57. The molecule has 0 radical (unpaired) electrons. The Balaban J connectivity index is 1.82. The van der Waals surface area contributed by atoms with Crippen LogP contribution in [0.25, 0.3) is 10.9 Å². The molecule has 5 nitrogen and oxygen atoms in total. The minimum Gasteiger partial charge on any atom is -0.444 e. The van der Waals surface area contributed by atoms with Crippen molar-refractivity contribution in [1.82, 2.24) is 9.97 Å². The van der Waals surface area contributed by atoms with Crippen molar-refractivity contribution in [3.63, 3.8) is 0 Å². The average Bonchev–Trinajstić information content (AvgIpc) is 2.61. The number of nitrogens with zero attached hydrogens (tertiary/aromatic N) is 3. The van der Waals surface area contributed by atoms with Crippen LogP contribution < -0.4 is 9.64 Å². The summed E-state index contributed by atoms with van der Waals surface area (Å²) in [6.45, 7) is 0.640. The minimum absolute atomic E-state index is 0.213. The van der Waals surface area contributed by atoms with Crippen LogP contribution in [0.2, 0.25) is 0 Å². The molecule has 1 aliphatic heterocycles. The van der Waals surface area contributed by atoms with Gasteiger partial charge in [-0.2, -0.15) is 11.8 Å². The first-order valence-corrected chi connectivity index (χ1v) is 9.45. The predicted molar refractivity (Wildman–Crippen MR) is 95.5 cm³/mol. The molecule has 1 N–H and O–H groups in total. The monoisotopic (exact) mass is 351 g/mol.